The summed E-state index contributed by atoms with van der Waals surface area (Å²) in [6, 6.07) is 14.4. The Morgan fingerprint density at radius 1 is 1.02 bits per heavy atom. The molecule has 44 heavy (non-hydrogen) atoms. The Balaban J connectivity index is 1.32. The summed E-state index contributed by atoms with van der Waals surface area (Å²) in [7, 11) is 8.10. The van der Waals surface area contributed by atoms with Crippen LogP contribution in [0.15, 0.2) is 65.8 Å². The Morgan fingerprint density at radius 3 is 2.55 bits per heavy atom. The van der Waals surface area contributed by atoms with Crippen LogP contribution in [0.3, 0.4) is 0 Å². The molecule has 11 heteroatoms. The summed E-state index contributed by atoms with van der Waals surface area (Å²) in [6.07, 6.45) is 7.88. The van der Waals surface area contributed by atoms with Gasteiger partial charge in [-0.1, -0.05) is 0 Å². The van der Waals surface area contributed by atoms with E-state index in [1.54, 1.807) is 17.0 Å². The van der Waals surface area contributed by atoms with Gasteiger partial charge < -0.3 is 25.0 Å². The number of likely N-dealkylation sites (N-methyl/N-ethyl adjacent to an activating group) is 2. The molecule has 1 aromatic carbocycles. The van der Waals surface area contributed by atoms with Gasteiger partial charge in [0.15, 0.2) is 5.82 Å². The van der Waals surface area contributed by atoms with Crippen molar-refractivity contribution in [3.63, 3.8) is 0 Å². The molecule has 1 fully saturated rings. The zero-order valence-electron chi connectivity index (χ0n) is 26.1. The Morgan fingerprint density at radius 2 is 1.82 bits per heavy atom. The molecule has 1 aliphatic heterocycles. The summed E-state index contributed by atoms with van der Waals surface area (Å²) in [6.45, 7) is 5.28. The number of anilines is 3. The molecular weight excluding hydrogens is 552 g/mol. The maximum absolute atomic E-state index is 14.1. The highest BCUT2D eigenvalue weighted by atomic mass is 16.1. The molecule has 0 aliphatic carbocycles. The van der Waals surface area contributed by atoms with E-state index < -0.39 is 0 Å². The highest BCUT2D eigenvalue weighted by molar-refractivity contribution is 5.82. The van der Waals surface area contributed by atoms with Crippen LogP contribution in [0.5, 0.6) is 0 Å². The van der Waals surface area contributed by atoms with Crippen LogP contribution in [0.1, 0.15) is 18.4 Å². The van der Waals surface area contributed by atoms with Gasteiger partial charge in [-0.25, -0.2) is 15.0 Å². The molecule has 0 bridgehead atoms. The first-order chi connectivity index (χ1) is 21.2. The second kappa shape index (κ2) is 12.6. The molecule has 4 aromatic heterocycles. The number of rotatable bonds is 9. The number of nitrogens with one attached hydrogen (secondary N) is 2. The number of aromatic nitrogens is 6. The van der Waals surface area contributed by atoms with Crippen LogP contribution < -0.4 is 16.2 Å². The lowest BCUT2D eigenvalue weighted by atomic mass is 10.1. The lowest BCUT2D eigenvalue weighted by Crippen LogP contribution is -2.39. The topological polar surface area (TPSA) is 109 Å². The summed E-state index contributed by atoms with van der Waals surface area (Å²) < 4.78 is 3.70. The first kappa shape index (κ1) is 29.5. The van der Waals surface area contributed by atoms with Gasteiger partial charge in [0.25, 0.3) is 5.56 Å². The van der Waals surface area contributed by atoms with Gasteiger partial charge in [0.05, 0.1) is 17.0 Å². The minimum atomic E-state index is -0.146. The highest BCUT2D eigenvalue weighted by Crippen LogP contribution is 2.26. The van der Waals surface area contributed by atoms with E-state index in [0.29, 0.717) is 47.8 Å². The molecule has 1 atom stereocenters. The molecule has 1 aliphatic rings. The zero-order valence-corrected chi connectivity index (χ0v) is 26.1. The quantitative estimate of drug-likeness (QED) is 0.258. The smallest absolute Gasteiger partial charge is 0.261 e. The van der Waals surface area contributed by atoms with Crippen molar-refractivity contribution in [2.24, 2.45) is 7.05 Å². The Bertz CT molecular complexity index is 1830. The Hall–Kier alpha value is -4.61. The number of piperidine rings is 1. The standard InChI is InChI=1S/C33H40N10O/c1-22-19-34-30(28-9-7-15-42(28)5)38-29(22)27-18-23-20-35-33(39-31(23)43(32(27)44)17-16-40(2)3)37-25-12-10-24(11-13-25)36-26-8-6-14-41(4)21-26/h7,9-13,15,18-20,26,36H,6,8,14,16-17,21H2,1-5H3,(H,35,37,39). The van der Waals surface area contributed by atoms with Gasteiger partial charge >= 0.3 is 0 Å². The predicted molar refractivity (Wildman–Crippen MR) is 176 cm³/mol. The van der Waals surface area contributed by atoms with Crippen LogP contribution in [-0.4, -0.2) is 85.7 Å². The summed E-state index contributed by atoms with van der Waals surface area (Å²) in [4.78, 5) is 37.3. The van der Waals surface area contributed by atoms with Gasteiger partial charge in [-0.3, -0.25) is 9.36 Å². The maximum atomic E-state index is 14.1. The Labute approximate surface area is 257 Å². The predicted octanol–water partition coefficient (Wildman–Crippen LogP) is 4.37. The molecular formula is C33H40N10O. The second-order valence-corrected chi connectivity index (χ2v) is 12.0. The largest absolute Gasteiger partial charge is 0.381 e. The van der Waals surface area contributed by atoms with Crippen molar-refractivity contribution in [3.8, 4) is 22.8 Å². The molecule has 0 spiro atoms. The molecule has 0 radical (unpaired) electrons. The number of hydrogen-bond acceptors (Lipinski definition) is 9. The number of aryl methyl sites for hydroxylation is 2. The molecule has 1 unspecified atom stereocenters. The first-order valence-corrected chi connectivity index (χ1v) is 15.1. The third kappa shape index (κ3) is 6.34. The molecule has 2 N–H and O–H groups in total. The summed E-state index contributed by atoms with van der Waals surface area (Å²) in [5.41, 5.74) is 5.21. The monoisotopic (exact) mass is 592 g/mol. The highest BCUT2D eigenvalue weighted by Gasteiger charge is 2.19. The summed E-state index contributed by atoms with van der Waals surface area (Å²) in [5.74, 6) is 1.00. The van der Waals surface area contributed by atoms with E-state index in [2.05, 4.69) is 49.6 Å². The SMILES string of the molecule is Cc1cnc(-c2cccn2C)nc1-c1cc2cnc(Nc3ccc(NC4CCCN(C)C4)cc3)nc2n(CCN(C)C)c1=O. The first-order valence-electron chi connectivity index (χ1n) is 15.1. The molecule has 228 valence electrons. The van der Waals surface area contributed by atoms with E-state index >= 15 is 0 Å². The molecule has 0 amide bonds. The second-order valence-electron chi connectivity index (χ2n) is 12.0. The van der Waals surface area contributed by atoms with E-state index in [1.807, 2.05) is 69.2 Å². The van der Waals surface area contributed by atoms with Crippen LogP contribution in [0, 0.1) is 6.92 Å². The number of likely N-dealkylation sites (tertiary alicyclic amines) is 1. The molecule has 0 saturated carbocycles. The fraction of sp³-hybridized carbons (Fsp3) is 0.364. The molecule has 1 saturated heterocycles. The normalized spacial score (nSPS) is 15.6. The van der Waals surface area contributed by atoms with Gasteiger partial charge in [0.2, 0.25) is 5.95 Å². The van der Waals surface area contributed by atoms with Crippen LogP contribution in [0.2, 0.25) is 0 Å². The van der Waals surface area contributed by atoms with Gasteiger partial charge in [-0.2, -0.15) is 4.98 Å². The minimum Gasteiger partial charge on any atom is -0.381 e. The van der Waals surface area contributed by atoms with Crippen molar-refractivity contribution >= 4 is 28.4 Å². The van der Waals surface area contributed by atoms with Crippen molar-refractivity contribution in [2.75, 3.05) is 51.4 Å². The van der Waals surface area contributed by atoms with E-state index in [-0.39, 0.29) is 5.56 Å². The van der Waals surface area contributed by atoms with Crippen molar-refractivity contribution in [1.82, 2.24) is 38.9 Å². The van der Waals surface area contributed by atoms with E-state index in [4.69, 9.17) is 9.97 Å². The van der Waals surface area contributed by atoms with Crippen LogP contribution >= 0.6 is 0 Å². The third-order valence-corrected chi connectivity index (χ3v) is 8.13. The van der Waals surface area contributed by atoms with Crippen molar-refractivity contribution in [1.29, 1.82) is 0 Å². The van der Waals surface area contributed by atoms with Crippen LogP contribution in [0.25, 0.3) is 33.8 Å². The van der Waals surface area contributed by atoms with Gasteiger partial charge in [0.1, 0.15) is 5.65 Å². The summed E-state index contributed by atoms with van der Waals surface area (Å²) >= 11 is 0. The van der Waals surface area contributed by atoms with Crippen molar-refractivity contribution in [3.05, 3.63) is 77.0 Å². The maximum Gasteiger partial charge on any atom is 0.261 e. The molecule has 6 rings (SSSR count). The Kier molecular flexibility index (Phi) is 8.40. The van der Waals surface area contributed by atoms with Gasteiger partial charge in [-0.15, -0.1) is 0 Å². The fourth-order valence-electron chi connectivity index (χ4n) is 5.73. The lowest BCUT2D eigenvalue weighted by Gasteiger charge is -2.30. The number of fused-ring (bicyclic) bond motifs is 1. The molecule has 5 heterocycles. The van der Waals surface area contributed by atoms with E-state index in [9.17, 15) is 4.79 Å². The van der Waals surface area contributed by atoms with E-state index in [1.165, 1.54) is 12.8 Å². The number of nitrogens with zero attached hydrogens (tertiary/aromatic N) is 8. The lowest BCUT2D eigenvalue weighted by molar-refractivity contribution is 0.261. The van der Waals surface area contributed by atoms with Crippen LogP contribution in [-0.2, 0) is 13.6 Å². The average molecular weight is 593 g/mol. The fourth-order valence-corrected chi connectivity index (χ4v) is 5.73. The zero-order chi connectivity index (χ0) is 30.8. The van der Waals surface area contributed by atoms with Gasteiger partial charge in [-0.05, 0) is 95.5 Å². The van der Waals surface area contributed by atoms with Crippen molar-refractivity contribution < 1.29 is 0 Å². The molecule has 5 aromatic rings. The van der Waals surface area contributed by atoms with Gasteiger partial charge in [0, 0.05) is 68.1 Å². The molecule has 11 nitrogen and oxygen atoms in total. The number of pyridine rings is 1. The number of benzene rings is 1. The van der Waals surface area contributed by atoms with Crippen LogP contribution in [0.4, 0.5) is 17.3 Å². The van der Waals surface area contributed by atoms with E-state index in [0.717, 1.165) is 41.1 Å². The average Bonchev–Trinajstić information content (AvgIpc) is 3.43. The van der Waals surface area contributed by atoms with Crippen molar-refractivity contribution in [2.45, 2.75) is 32.4 Å². The summed E-state index contributed by atoms with van der Waals surface area (Å²) in [5, 5.41) is 7.73. The third-order valence-electron chi connectivity index (χ3n) is 8.13. The minimum absolute atomic E-state index is 0.146. The number of hydrogen-bond donors (Lipinski definition) is 2.